The van der Waals surface area contributed by atoms with Crippen LogP contribution in [0.2, 0.25) is 0 Å². The van der Waals surface area contributed by atoms with Gasteiger partial charge >= 0.3 is 0 Å². The summed E-state index contributed by atoms with van der Waals surface area (Å²) in [4.78, 5) is 21.3. The molecule has 3 rings (SSSR count). The molecule has 1 aromatic carbocycles. The van der Waals surface area contributed by atoms with Gasteiger partial charge in [-0.15, -0.1) is 5.10 Å². The molecular formula is C18H25N5O. The molecule has 1 unspecified atom stereocenters. The number of nitrogens with zero attached hydrogens (tertiary/aromatic N) is 5. The van der Waals surface area contributed by atoms with Crippen LogP contribution < -0.4 is 4.90 Å². The summed E-state index contributed by atoms with van der Waals surface area (Å²) in [5, 5.41) is 4.40. The zero-order valence-electron chi connectivity index (χ0n) is 15.0. The number of benzene rings is 1. The van der Waals surface area contributed by atoms with Crippen molar-refractivity contribution in [2.45, 2.75) is 38.8 Å². The summed E-state index contributed by atoms with van der Waals surface area (Å²) in [6.45, 7) is 6.75. The molecule has 0 fully saturated rings. The number of aromatic nitrogens is 3. The zero-order chi connectivity index (χ0) is 17.5. The third kappa shape index (κ3) is 3.06. The van der Waals surface area contributed by atoms with Crippen molar-refractivity contribution in [3.8, 4) is 0 Å². The lowest BCUT2D eigenvalue weighted by molar-refractivity contribution is 0.0965. The molecule has 1 atom stereocenters. The van der Waals surface area contributed by atoms with Crippen LogP contribution >= 0.6 is 0 Å². The molecule has 2 heterocycles. The van der Waals surface area contributed by atoms with Gasteiger partial charge in [0.15, 0.2) is 0 Å². The van der Waals surface area contributed by atoms with Crippen LogP contribution in [-0.4, -0.2) is 52.3 Å². The molecule has 1 amide bonds. The maximum Gasteiger partial charge on any atom is 0.297 e. The lowest BCUT2D eigenvalue weighted by Crippen LogP contribution is -2.48. The zero-order valence-corrected chi connectivity index (χ0v) is 15.0. The van der Waals surface area contributed by atoms with Gasteiger partial charge in [0, 0.05) is 18.3 Å². The molecule has 24 heavy (non-hydrogen) atoms. The van der Waals surface area contributed by atoms with Crippen LogP contribution in [0.1, 0.15) is 37.0 Å². The second-order valence-electron chi connectivity index (χ2n) is 7.55. The van der Waals surface area contributed by atoms with Gasteiger partial charge in [-0.2, -0.15) is 0 Å². The Morgan fingerprint density at radius 1 is 1.25 bits per heavy atom. The number of rotatable bonds is 2. The number of carbonyl (C=O) groups excluding carboxylic acids is 1. The van der Waals surface area contributed by atoms with Gasteiger partial charge in [-0.05, 0) is 52.9 Å². The summed E-state index contributed by atoms with van der Waals surface area (Å²) in [5.41, 5.74) is 1.95. The summed E-state index contributed by atoms with van der Waals surface area (Å²) < 4.78 is 1.74. The minimum Gasteiger partial charge on any atom is -0.304 e. The fourth-order valence-corrected chi connectivity index (χ4v) is 2.92. The maximum atomic E-state index is 13.0. The Kier molecular flexibility index (Phi) is 4.17. The van der Waals surface area contributed by atoms with Crippen LogP contribution in [0.3, 0.4) is 0 Å². The number of hydrogen-bond acceptors (Lipinski definition) is 4. The number of para-hydroxylation sites is 1. The van der Waals surface area contributed by atoms with E-state index in [4.69, 9.17) is 0 Å². The summed E-state index contributed by atoms with van der Waals surface area (Å²) in [5.74, 6) is 0.108. The Morgan fingerprint density at radius 2 is 1.96 bits per heavy atom. The molecule has 0 saturated heterocycles. The topological polar surface area (TPSA) is 54.3 Å². The molecule has 1 aliphatic heterocycles. The third-order valence-electron chi connectivity index (χ3n) is 4.48. The van der Waals surface area contributed by atoms with E-state index in [0.717, 1.165) is 12.1 Å². The predicted molar refractivity (Wildman–Crippen MR) is 94.3 cm³/mol. The van der Waals surface area contributed by atoms with E-state index in [2.05, 4.69) is 21.0 Å². The molecule has 2 aromatic rings. The van der Waals surface area contributed by atoms with Crippen molar-refractivity contribution in [1.29, 1.82) is 0 Å². The van der Waals surface area contributed by atoms with Crippen LogP contribution in [0.15, 0.2) is 30.6 Å². The van der Waals surface area contributed by atoms with Crippen molar-refractivity contribution in [3.63, 3.8) is 0 Å². The first-order valence-corrected chi connectivity index (χ1v) is 8.25. The minimum atomic E-state index is -0.197. The van der Waals surface area contributed by atoms with E-state index in [9.17, 15) is 4.79 Å². The van der Waals surface area contributed by atoms with Crippen molar-refractivity contribution in [1.82, 2.24) is 19.7 Å². The first-order valence-electron chi connectivity index (χ1n) is 8.25. The van der Waals surface area contributed by atoms with Gasteiger partial charge in [0.25, 0.3) is 5.91 Å². The highest BCUT2D eigenvalue weighted by Gasteiger charge is 2.32. The largest absolute Gasteiger partial charge is 0.304 e. The molecule has 0 saturated carbocycles. The van der Waals surface area contributed by atoms with Crippen LogP contribution in [0, 0.1) is 0 Å². The molecule has 0 bridgehead atoms. The second kappa shape index (κ2) is 6.02. The Labute approximate surface area is 143 Å². The highest BCUT2D eigenvalue weighted by Crippen LogP contribution is 2.29. The van der Waals surface area contributed by atoms with E-state index in [1.165, 1.54) is 5.56 Å². The van der Waals surface area contributed by atoms with Gasteiger partial charge in [-0.1, -0.05) is 18.2 Å². The number of amides is 1. The van der Waals surface area contributed by atoms with Crippen molar-refractivity contribution in [3.05, 3.63) is 42.0 Å². The monoisotopic (exact) mass is 327 g/mol. The Hall–Kier alpha value is -2.21. The second-order valence-corrected chi connectivity index (χ2v) is 7.55. The molecule has 0 spiro atoms. The first kappa shape index (κ1) is 16.6. The molecule has 0 N–H and O–H groups in total. The molecule has 0 aliphatic carbocycles. The van der Waals surface area contributed by atoms with E-state index in [0.29, 0.717) is 6.54 Å². The molecule has 0 radical (unpaired) electrons. The quantitative estimate of drug-likeness (QED) is 0.848. The van der Waals surface area contributed by atoms with Crippen LogP contribution in [0.25, 0.3) is 0 Å². The van der Waals surface area contributed by atoms with Crippen LogP contribution in [0.5, 0.6) is 0 Å². The number of likely N-dealkylation sites (N-methyl/N-ethyl adjacent to an activating group) is 1. The van der Waals surface area contributed by atoms with Gasteiger partial charge in [0.2, 0.25) is 5.82 Å². The van der Waals surface area contributed by atoms with Crippen LogP contribution in [0.4, 0.5) is 5.69 Å². The Morgan fingerprint density at radius 3 is 2.58 bits per heavy atom. The van der Waals surface area contributed by atoms with Crippen LogP contribution in [-0.2, 0) is 12.0 Å². The van der Waals surface area contributed by atoms with Crippen molar-refractivity contribution < 1.29 is 4.79 Å². The SMILES string of the molecule is CN(C)C1Cc2ccccc2N(C(=O)c2ncn(C(C)(C)C)n2)C1. The number of anilines is 1. The lowest BCUT2D eigenvalue weighted by Gasteiger charge is -2.37. The van der Waals surface area contributed by atoms with Gasteiger partial charge in [0.1, 0.15) is 6.33 Å². The fraction of sp³-hybridized carbons (Fsp3) is 0.500. The molecule has 1 aromatic heterocycles. The predicted octanol–water partition coefficient (Wildman–Crippen LogP) is 2.17. The standard InChI is InChI=1S/C18H25N5O/c1-18(2,3)23-12-19-16(20-23)17(24)22-11-14(21(4)5)10-13-8-6-7-9-15(13)22/h6-9,12,14H,10-11H2,1-5H3. The van der Waals surface area contributed by atoms with E-state index in [-0.39, 0.29) is 23.3 Å². The lowest BCUT2D eigenvalue weighted by atomic mass is 9.97. The van der Waals surface area contributed by atoms with Gasteiger partial charge in [0.05, 0.1) is 5.54 Å². The minimum absolute atomic E-state index is 0.142. The summed E-state index contributed by atoms with van der Waals surface area (Å²) in [7, 11) is 4.10. The van der Waals surface area contributed by atoms with E-state index < -0.39 is 0 Å². The normalized spacial score (nSPS) is 17.9. The van der Waals surface area contributed by atoms with E-state index in [1.807, 2.05) is 58.0 Å². The highest BCUT2D eigenvalue weighted by atomic mass is 16.2. The average Bonchev–Trinajstić information content (AvgIpc) is 3.03. The average molecular weight is 327 g/mol. The fourth-order valence-electron chi connectivity index (χ4n) is 2.92. The maximum absolute atomic E-state index is 13.0. The summed E-state index contributed by atoms with van der Waals surface area (Å²) in [6.07, 6.45) is 2.57. The summed E-state index contributed by atoms with van der Waals surface area (Å²) in [6, 6.07) is 8.36. The molecule has 6 nitrogen and oxygen atoms in total. The first-order chi connectivity index (χ1) is 11.3. The smallest absolute Gasteiger partial charge is 0.297 e. The molecular weight excluding hydrogens is 302 g/mol. The number of hydrogen-bond donors (Lipinski definition) is 0. The van der Waals surface area contributed by atoms with Crippen molar-refractivity contribution in [2.75, 3.05) is 25.5 Å². The molecule has 1 aliphatic rings. The van der Waals surface area contributed by atoms with E-state index in [1.54, 1.807) is 11.0 Å². The Balaban J connectivity index is 1.95. The number of carbonyl (C=O) groups is 1. The Bertz CT molecular complexity index is 744. The van der Waals surface area contributed by atoms with Gasteiger partial charge in [-0.3, -0.25) is 4.79 Å². The molecule has 6 heteroatoms. The number of fused-ring (bicyclic) bond motifs is 1. The van der Waals surface area contributed by atoms with E-state index >= 15 is 0 Å². The molecule has 128 valence electrons. The highest BCUT2D eigenvalue weighted by molar-refractivity contribution is 6.04. The van der Waals surface area contributed by atoms with Crippen molar-refractivity contribution in [2.24, 2.45) is 0 Å². The van der Waals surface area contributed by atoms with Gasteiger partial charge < -0.3 is 9.80 Å². The van der Waals surface area contributed by atoms with Crippen molar-refractivity contribution >= 4 is 11.6 Å². The van der Waals surface area contributed by atoms with Gasteiger partial charge in [-0.25, -0.2) is 9.67 Å². The summed E-state index contributed by atoms with van der Waals surface area (Å²) >= 11 is 0. The third-order valence-corrected chi connectivity index (χ3v) is 4.48.